The van der Waals surface area contributed by atoms with Crippen molar-refractivity contribution in [1.82, 2.24) is 4.72 Å². The van der Waals surface area contributed by atoms with Gasteiger partial charge in [0, 0.05) is 25.9 Å². The maximum atomic E-state index is 12.1. The van der Waals surface area contributed by atoms with Crippen LogP contribution in [0.2, 0.25) is 0 Å². The van der Waals surface area contributed by atoms with Crippen molar-refractivity contribution in [2.45, 2.75) is 18.7 Å². The van der Waals surface area contributed by atoms with Gasteiger partial charge in [-0.3, -0.25) is 0 Å². The van der Waals surface area contributed by atoms with Gasteiger partial charge < -0.3 is 10.5 Å². The molecule has 18 heavy (non-hydrogen) atoms. The minimum absolute atomic E-state index is 0.124. The number of hydrogen-bond donors (Lipinski definition) is 2. The van der Waals surface area contributed by atoms with Gasteiger partial charge in [0.2, 0.25) is 10.0 Å². The number of ether oxygens (including phenoxy) is 1. The molecule has 0 radical (unpaired) electrons. The van der Waals surface area contributed by atoms with E-state index in [4.69, 9.17) is 10.5 Å². The number of nitrogens with one attached hydrogen (secondary N) is 1. The van der Waals surface area contributed by atoms with Gasteiger partial charge in [-0.25, -0.2) is 13.1 Å². The molecule has 1 aromatic rings. The highest BCUT2D eigenvalue weighted by atomic mass is 32.2. The van der Waals surface area contributed by atoms with Crippen LogP contribution in [0.5, 0.6) is 0 Å². The molecule has 0 aliphatic carbocycles. The Kier molecular flexibility index (Phi) is 5.13. The molecular weight excluding hydrogens is 252 g/mol. The average molecular weight is 272 g/mol. The van der Waals surface area contributed by atoms with Gasteiger partial charge in [0.1, 0.15) is 0 Å². The fraction of sp³-hybridized carbons (Fsp3) is 0.500. The van der Waals surface area contributed by atoms with E-state index in [1.165, 1.54) is 6.07 Å². The van der Waals surface area contributed by atoms with Crippen LogP contribution in [0.1, 0.15) is 12.5 Å². The molecule has 0 bridgehead atoms. The van der Waals surface area contributed by atoms with Crippen LogP contribution < -0.4 is 10.5 Å². The first kappa shape index (κ1) is 14.9. The van der Waals surface area contributed by atoms with Gasteiger partial charge in [-0.2, -0.15) is 0 Å². The summed E-state index contributed by atoms with van der Waals surface area (Å²) >= 11 is 0. The number of nitrogen functional groups attached to an aromatic ring is 1. The Bertz CT molecular complexity index is 500. The van der Waals surface area contributed by atoms with E-state index in [1.807, 2.05) is 6.92 Å². The van der Waals surface area contributed by atoms with E-state index >= 15 is 0 Å². The SMILES string of the molecule is COCC(C)CNS(=O)(=O)c1ccc(N)cc1C. The summed E-state index contributed by atoms with van der Waals surface area (Å²) in [6, 6.07) is 4.75. The molecule has 0 aromatic heterocycles. The Labute approximate surface area is 108 Å². The van der Waals surface area contributed by atoms with E-state index in [2.05, 4.69) is 4.72 Å². The van der Waals surface area contributed by atoms with Crippen LogP contribution in [0, 0.1) is 12.8 Å². The molecule has 0 aliphatic rings. The van der Waals surface area contributed by atoms with E-state index < -0.39 is 10.0 Å². The van der Waals surface area contributed by atoms with Crippen molar-refractivity contribution in [2.75, 3.05) is 26.0 Å². The molecule has 0 spiro atoms. The van der Waals surface area contributed by atoms with Gasteiger partial charge >= 0.3 is 0 Å². The number of nitrogens with two attached hydrogens (primary N) is 1. The molecule has 6 heteroatoms. The fourth-order valence-corrected chi connectivity index (χ4v) is 3.04. The van der Waals surface area contributed by atoms with Crippen LogP contribution in [0.15, 0.2) is 23.1 Å². The van der Waals surface area contributed by atoms with Crippen molar-refractivity contribution < 1.29 is 13.2 Å². The summed E-state index contributed by atoms with van der Waals surface area (Å²) in [5, 5.41) is 0. The van der Waals surface area contributed by atoms with Crippen molar-refractivity contribution in [1.29, 1.82) is 0 Å². The third kappa shape index (κ3) is 3.97. The number of anilines is 1. The molecule has 3 N–H and O–H groups in total. The molecule has 0 heterocycles. The molecule has 0 saturated heterocycles. The average Bonchev–Trinajstić information content (AvgIpc) is 2.26. The van der Waals surface area contributed by atoms with E-state index in [1.54, 1.807) is 26.2 Å². The highest BCUT2D eigenvalue weighted by Crippen LogP contribution is 2.17. The summed E-state index contributed by atoms with van der Waals surface area (Å²) in [4.78, 5) is 0.265. The molecule has 1 aromatic carbocycles. The van der Waals surface area contributed by atoms with Crippen molar-refractivity contribution in [2.24, 2.45) is 5.92 Å². The maximum absolute atomic E-state index is 12.1. The molecule has 0 amide bonds. The van der Waals surface area contributed by atoms with Crippen LogP contribution in [0.25, 0.3) is 0 Å². The molecule has 1 rings (SSSR count). The molecular formula is C12H20N2O3S. The maximum Gasteiger partial charge on any atom is 0.240 e. The lowest BCUT2D eigenvalue weighted by molar-refractivity contribution is 0.161. The van der Waals surface area contributed by atoms with Crippen LogP contribution >= 0.6 is 0 Å². The highest BCUT2D eigenvalue weighted by Gasteiger charge is 2.17. The van der Waals surface area contributed by atoms with Crippen LogP contribution in [0.3, 0.4) is 0 Å². The minimum atomic E-state index is -3.48. The second-order valence-corrected chi connectivity index (χ2v) is 6.17. The molecule has 0 aliphatic heterocycles. The second-order valence-electron chi connectivity index (χ2n) is 4.44. The number of hydrogen-bond acceptors (Lipinski definition) is 4. The number of rotatable bonds is 6. The number of benzene rings is 1. The fourth-order valence-electron chi connectivity index (χ4n) is 1.65. The van der Waals surface area contributed by atoms with Crippen molar-refractivity contribution in [3.8, 4) is 0 Å². The second kappa shape index (κ2) is 6.17. The third-order valence-electron chi connectivity index (χ3n) is 2.56. The third-order valence-corrected chi connectivity index (χ3v) is 4.15. The van der Waals surface area contributed by atoms with Gasteiger partial charge in [0.25, 0.3) is 0 Å². The zero-order chi connectivity index (χ0) is 13.8. The van der Waals surface area contributed by atoms with E-state index in [9.17, 15) is 8.42 Å². The Morgan fingerprint density at radius 3 is 2.67 bits per heavy atom. The van der Waals surface area contributed by atoms with Crippen molar-refractivity contribution >= 4 is 15.7 Å². The molecule has 1 atom stereocenters. The van der Waals surface area contributed by atoms with Gasteiger partial charge in [0.15, 0.2) is 0 Å². The predicted octanol–water partition coefficient (Wildman–Crippen LogP) is 1.14. The number of methoxy groups -OCH3 is 1. The lowest BCUT2D eigenvalue weighted by Gasteiger charge is -2.13. The lowest BCUT2D eigenvalue weighted by atomic mass is 10.2. The lowest BCUT2D eigenvalue weighted by Crippen LogP contribution is -2.30. The van der Waals surface area contributed by atoms with Gasteiger partial charge in [-0.1, -0.05) is 6.92 Å². The summed E-state index contributed by atoms with van der Waals surface area (Å²) in [5.74, 6) is 0.124. The van der Waals surface area contributed by atoms with E-state index in [-0.39, 0.29) is 10.8 Å². The van der Waals surface area contributed by atoms with Crippen LogP contribution in [-0.4, -0.2) is 28.7 Å². The highest BCUT2D eigenvalue weighted by molar-refractivity contribution is 7.89. The molecule has 102 valence electrons. The standard InChI is InChI=1S/C12H20N2O3S/c1-9(8-17-3)7-14-18(15,16)12-5-4-11(13)6-10(12)2/h4-6,9,14H,7-8,13H2,1-3H3. The first-order valence-electron chi connectivity index (χ1n) is 5.71. The minimum Gasteiger partial charge on any atom is -0.399 e. The predicted molar refractivity (Wildman–Crippen MR) is 71.8 cm³/mol. The summed E-state index contributed by atoms with van der Waals surface area (Å²) < 4.78 is 31.7. The topological polar surface area (TPSA) is 81.4 Å². The molecule has 0 fully saturated rings. The summed E-state index contributed by atoms with van der Waals surface area (Å²) in [7, 11) is -1.89. The quantitative estimate of drug-likeness (QED) is 0.761. The van der Waals surface area contributed by atoms with Crippen molar-refractivity contribution in [3.05, 3.63) is 23.8 Å². The van der Waals surface area contributed by atoms with Crippen LogP contribution in [-0.2, 0) is 14.8 Å². The zero-order valence-corrected chi connectivity index (χ0v) is 11.8. The van der Waals surface area contributed by atoms with E-state index in [0.29, 0.717) is 24.4 Å². The number of sulfonamides is 1. The van der Waals surface area contributed by atoms with Gasteiger partial charge in [-0.05, 0) is 36.6 Å². The normalized spacial score (nSPS) is 13.5. The molecule has 5 nitrogen and oxygen atoms in total. The Hall–Kier alpha value is -1.11. The van der Waals surface area contributed by atoms with Crippen molar-refractivity contribution in [3.63, 3.8) is 0 Å². The summed E-state index contributed by atoms with van der Waals surface area (Å²) in [5.41, 5.74) is 6.80. The van der Waals surface area contributed by atoms with Gasteiger partial charge in [0.05, 0.1) is 4.90 Å². The van der Waals surface area contributed by atoms with Gasteiger partial charge in [-0.15, -0.1) is 0 Å². The first-order chi connectivity index (χ1) is 8.36. The first-order valence-corrected chi connectivity index (χ1v) is 7.20. The Morgan fingerprint density at radius 2 is 2.11 bits per heavy atom. The summed E-state index contributed by atoms with van der Waals surface area (Å²) in [6.45, 7) is 4.51. The van der Waals surface area contributed by atoms with E-state index in [0.717, 1.165) is 0 Å². The summed E-state index contributed by atoms with van der Waals surface area (Å²) in [6.07, 6.45) is 0. The molecule has 1 unspecified atom stereocenters. The smallest absolute Gasteiger partial charge is 0.240 e. The Morgan fingerprint density at radius 1 is 1.44 bits per heavy atom. The van der Waals surface area contributed by atoms with Crippen LogP contribution in [0.4, 0.5) is 5.69 Å². The number of aryl methyl sites for hydroxylation is 1. The monoisotopic (exact) mass is 272 g/mol. The molecule has 0 saturated carbocycles. The Balaban J connectivity index is 2.80. The largest absolute Gasteiger partial charge is 0.399 e. The zero-order valence-electron chi connectivity index (χ0n) is 10.9.